The second kappa shape index (κ2) is 6.57. The fourth-order valence-electron chi connectivity index (χ4n) is 1.37. The van der Waals surface area contributed by atoms with E-state index >= 15 is 0 Å². The van der Waals surface area contributed by atoms with E-state index in [0.717, 1.165) is 0 Å². The Kier molecular flexibility index (Phi) is 5.27. The molecule has 0 fully saturated rings. The first-order chi connectivity index (χ1) is 10.2. The smallest absolute Gasteiger partial charge is 0.493 e. The Hall–Kier alpha value is -2.41. The van der Waals surface area contributed by atoms with Gasteiger partial charge in [0, 0.05) is 5.56 Å². The number of hydrogen-bond donors (Lipinski definition) is 0. The summed E-state index contributed by atoms with van der Waals surface area (Å²) in [4.78, 5) is 0. The molecule has 0 aliphatic heterocycles. The van der Waals surface area contributed by atoms with Gasteiger partial charge >= 0.3 is 15.6 Å². The van der Waals surface area contributed by atoms with Gasteiger partial charge in [0.15, 0.2) is 17.3 Å². The molecule has 0 heterocycles. The largest absolute Gasteiger partial charge is 0.534 e. The van der Waals surface area contributed by atoms with Gasteiger partial charge in [0.25, 0.3) is 0 Å². The van der Waals surface area contributed by atoms with Crippen molar-refractivity contribution in [2.24, 2.45) is 0 Å². The van der Waals surface area contributed by atoms with Crippen LogP contribution in [0.25, 0.3) is 5.76 Å². The van der Waals surface area contributed by atoms with Crippen molar-refractivity contribution in [1.82, 2.24) is 0 Å². The summed E-state index contributed by atoms with van der Waals surface area (Å²) in [6, 6.07) is 5.13. The summed E-state index contributed by atoms with van der Waals surface area (Å²) < 4.78 is 73.0. The van der Waals surface area contributed by atoms with E-state index in [1.54, 1.807) is 0 Å². The Morgan fingerprint density at radius 2 is 1.82 bits per heavy atom. The lowest BCUT2D eigenvalue weighted by Gasteiger charge is -2.13. The lowest BCUT2D eigenvalue weighted by atomic mass is 10.1. The molecule has 0 N–H and O–H groups in total. The van der Waals surface area contributed by atoms with Crippen LogP contribution < -0.4 is 9.47 Å². The second-order valence-corrected chi connectivity index (χ2v) is 5.23. The molecule has 0 radical (unpaired) electrons. The molecule has 22 heavy (non-hydrogen) atoms. The van der Waals surface area contributed by atoms with Gasteiger partial charge in [-0.1, -0.05) is 0 Å². The number of nitrogens with zero attached hydrogens (tertiary/aromatic N) is 1. The summed E-state index contributed by atoms with van der Waals surface area (Å²) >= 11 is 0. The molecule has 0 saturated heterocycles. The number of nitriles is 1. The molecular weight excluding hydrogens is 327 g/mol. The highest BCUT2D eigenvalue weighted by Gasteiger charge is 2.49. The van der Waals surface area contributed by atoms with E-state index in [9.17, 15) is 21.6 Å². The zero-order valence-corrected chi connectivity index (χ0v) is 12.2. The molecular formula is C12H10F3NO5S. The van der Waals surface area contributed by atoms with Gasteiger partial charge in [0.2, 0.25) is 0 Å². The molecule has 0 spiro atoms. The first-order valence-corrected chi connectivity index (χ1v) is 6.90. The number of methoxy groups -OCH3 is 2. The quantitative estimate of drug-likeness (QED) is 0.355. The fourth-order valence-corrected chi connectivity index (χ4v) is 1.84. The van der Waals surface area contributed by atoms with E-state index in [1.807, 2.05) is 0 Å². The van der Waals surface area contributed by atoms with Gasteiger partial charge in [-0.25, -0.2) is 0 Å². The minimum absolute atomic E-state index is 0.105. The summed E-state index contributed by atoms with van der Waals surface area (Å²) in [6.07, 6.45) is 0.532. The van der Waals surface area contributed by atoms with Crippen molar-refractivity contribution >= 4 is 15.9 Å². The van der Waals surface area contributed by atoms with Crippen molar-refractivity contribution in [3.63, 3.8) is 0 Å². The van der Waals surface area contributed by atoms with Gasteiger partial charge in [0.1, 0.15) is 0 Å². The zero-order chi connectivity index (χ0) is 17.0. The van der Waals surface area contributed by atoms with Crippen LogP contribution >= 0.6 is 0 Å². The van der Waals surface area contributed by atoms with Crippen molar-refractivity contribution < 1.29 is 35.2 Å². The summed E-state index contributed by atoms with van der Waals surface area (Å²) in [5, 5.41) is 8.59. The highest BCUT2D eigenvalue weighted by atomic mass is 32.2. The summed E-state index contributed by atoms with van der Waals surface area (Å²) in [6.45, 7) is 0. The van der Waals surface area contributed by atoms with E-state index in [-0.39, 0.29) is 17.1 Å². The van der Waals surface area contributed by atoms with Crippen molar-refractivity contribution in [2.75, 3.05) is 14.2 Å². The molecule has 0 amide bonds. The lowest BCUT2D eigenvalue weighted by molar-refractivity contribution is -0.0509. The predicted octanol–water partition coefficient (Wildman–Crippen LogP) is 2.43. The van der Waals surface area contributed by atoms with Crippen LogP contribution in [0.3, 0.4) is 0 Å². The number of rotatable bonds is 5. The number of alkyl halides is 3. The van der Waals surface area contributed by atoms with Crippen LogP contribution in [0.2, 0.25) is 0 Å². The van der Waals surface area contributed by atoms with Crippen LogP contribution in [-0.4, -0.2) is 28.1 Å². The minimum Gasteiger partial charge on any atom is -0.493 e. The summed E-state index contributed by atoms with van der Waals surface area (Å²) in [7, 11) is -3.27. The van der Waals surface area contributed by atoms with E-state index in [4.69, 9.17) is 14.7 Å². The molecule has 0 aliphatic rings. The Balaban J connectivity index is 3.30. The van der Waals surface area contributed by atoms with Crippen LogP contribution in [0.1, 0.15) is 5.56 Å². The summed E-state index contributed by atoms with van der Waals surface area (Å²) in [5.41, 5.74) is -5.72. The van der Waals surface area contributed by atoms with Gasteiger partial charge in [-0.2, -0.15) is 26.9 Å². The molecule has 1 aromatic rings. The van der Waals surface area contributed by atoms with Crippen LogP contribution in [0.4, 0.5) is 13.2 Å². The minimum atomic E-state index is -5.89. The Morgan fingerprint density at radius 3 is 2.27 bits per heavy atom. The average molecular weight is 337 g/mol. The number of ether oxygens (including phenoxy) is 2. The van der Waals surface area contributed by atoms with Crippen molar-refractivity contribution in [3.05, 3.63) is 29.8 Å². The molecule has 0 saturated carbocycles. The fraction of sp³-hybridized carbons (Fsp3) is 0.250. The van der Waals surface area contributed by atoms with E-state index in [0.29, 0.717) is 6.08 Å². The number of allylic oxidation sites excluding steroid dienone is 1. The standard InChI is InChI=1S/C12H10F3NO5S/c1-19-10-4-3-8(7-11(10)20-2)9(5-6-16)21-22(17,18)12(13,14)15/h3-5,7H,1-2H3/b9-5-. The van der Waals surface area contributed by atoms with E-state index in [1.165, 1.54) is 38.5 Å². The Bertz CT molecular complexity index is 719. The molecule has 0 atom stereocenters. The lowest BCUT2D eigenvalue weighted by Crippen LogP contribution is -2.25. The molecule has 0 bridgehead atoms. The molecule has 10 heteroatoms. The number of halogens is 3. The van der Waals surface area contributed by atoms with Crippen LogP contribution in [0, 0.1) is 11.3 Å². The second-order valence-electron chi connectivity index (χ2n) is 3.69. The normalized spacial score (nSPS) is 12.5. The van der Waals surface area contributed by atoms with Gasteiger partial charge in [-0.15, -0.1) is 0 Å². The maximum absolute atomic E-state index is 12.3. The third-order valence-electron chi connectivity index (χ3n) is 2.35. The van der Waals surface area contributed by atoms with Crippen molar-refractivity contribution in [2.45, 2.75) is 5.51 Å². The van der Waals surface area contributed by atoms with Gasteiger partial charge in [0.05, 0.1) is 26.4 Å². The van der Waals surface area contributed by atoms with Crippen LogP contribution in [0.15, 0.2) is 24.3 Å². The third-order valence-corrected chi connectivity index (χ3v) is 3.31. The summed E-state index contributed by atoms with van der Waals surface area (Å²) in [5.74, 6) is -0.404. The van der Waals surface area contributed by atoms with Crippen molar-refractivity contribution in [1.29, 1.82) is 5.26 Å². The molecule has 1 aromatic carbocycles. The van der Waals surface area contributed by atoms with Crippen LogP contribution in [-0.2, 0) is 14.3 Å². The Morgan fingerprint density at radius 1 is 1.23 bits per heavy atom. The predicted molar refractivity (Wildman–Crippen MR) is 69.2 cm³/mol. The maximum atomic E-state index is 12.3. The number of benzene rings is 1. The Labute approximate surface area is 124 Å². The topological polar surface area (TPSA) is 85.6 Å². The first-order valence-electron chi connectivity index (χ1n) is 5.49. The SMILES string of the molecule is COc1ccc(/C(=C/C#N)OS(=O)(=O)C(F)(F)F)cc1OC. The molecule has 0 unspecified atom stereocenters. The van der Waals surface area contributed by atoms with E-state index < -0.39 is 21.4 Å². The molecule has 6 nitrogen and oxygen atoms in total. The number of hydrogen-bond acceptors (Lipinski definition) is 6. The average Bonchev–Trinajstić information content (AvgIpc) is 2.44. The van der Waals surface area contributed by atoms with Crippen molar-refractivity contribution in [3.8, 4) is 17.6 Å². The van der Waals surface area contributed by atoms with Gasteiger partial charge in [-0.3, -0.25) is 0 Å². The highest BCUT2D eigenvalue weighted by molar-refractivity contribution is 7.87. The zero-order valence-electron chi connectivity index (χ0n) is 11.3. The molecule has 1 rings (SSSR count). The molecule has 0 aliphatic carbocycles. The monoisotopic (exact) mass is 337 g/mol. The van der Waals surface area contributed by atoms with E-state index in [2.05, 4.69) is 4.18 Å². The van der Waals surface area contributed by atoms with Crippen LogP contribution in [0.5, 0.6) is 11.5 Å². The maximum Gasteiger partial charge on any atom is 0.534 e. The third kappa shape index (κ3) is 3.82. The van der Waals surface area contributed by atoms with Gasteiger partial charge in [-0.05, 0) is 18.2 Å². The van der Waals surface area contributed by atoms with Gasteiger partial charge < -0.3 is 13.7 Å². The molecule has 120 valence electrons. The highest BCUT2D eigenvalue weighted by Crippen LogP contribution is 2.33. The first kappa shape index (κ1) is 17.6. The molecule has 0 aromatic heterocycles.